The van der Waals surface area contributed by atoms with Crippen LogP contribution in [0.3, 0.4) is 0 Å². The summed E-state index contributed by atoms with van der Waals surface area (Å²) in [5.41, 5.74) is 24.4. The van der Waals surface area contributed by atoms with E-state index in [1.165, 1.54) is 63.8 Å². The molecule has 35 heavy (non-hydrogen) atoms. The van der Waals surface area contributed by atoms with Crippen LogP contribution in [0.5, 0.6) is 0 Å². The van der Waals surface area contributed by atoms with E-state index >= 15 is 0 Å². The van der Waals surface area contributed by atoms with Crippen molar-refractivity contribution in [1.82, 2.24) is 0 Å². The van der Waals surface area contributed by atoms with E-state index in [9.17, 15) is 0 Å². The third-order valence-corrected chi connectivity index (χ3v) is 6.98. The molecular formula is C33H38N2. The van der Waals surface area contributed by atoms with Gasteiger partial charge in [-0.2, -0.15) is 0 Å². The number of unbranched alkanes of at least 4 members (excludes halogenated alkanes) is 2. The molecule has 0 spiro atoms. The molecule has 0 aliphatic carbocycles. The number of aryl methyl sites for hydroxylation is 4. The van der Waals surface area contributed by atoms with Crippen molar-refractivity contribution in [3.63, 3.8) is 0 Å². The lowest BCUT2D eigenvalue weighted by Gasteiger charge is -2.11. The fourth-order valence-corrected chi connectivity index (χ4v) is 4.85. The van der Waals surface area contributed by atoms with E-state index in [4.69, 9.17) is 11.5 Å². The van der Waals surface area contributed by atoms with Crippen molar-refractivity contribution < 1.29 is 0 Å². The number of benzene rings is 4. The van der Waals surface area contributed by atoms with Crippen molar-refractivity contribution in [2.24, 2.45) is 0 Å². The Balaban J connectivity index is 1.22. The lowest BCUT2D eigenvalue weighted by Crippen LogP contribution is -1.96. The number of nitrogens with two attached hydrogens (primary N) is 2. The minimum Gasteiger partial charge on any atom is -0.399 e. The minimum atomic E-state index is 0.821. The molecule has 0 heterocycles. The molecule has 4 rings (SSSR count). The summed E-state index contributed by atoms with van der Waals surface area (Å²) in [6.45, 7) is 4.49. The second kappa shape index (κ2) is 11.8. The van der Waals surface area contributed by atoms with Gasteiger partial charge in [0, 0.05) is 11.4 Å². The molecule has 0 saturated heterocycles. The van der Waals surface area contributed by atoms with Crippen molar-refractivity contribution in [3.8, 4) is 0 Å². The van der Waals surface area contributed by atoms with Gasteiger partial charge in [-0.25, -0.2) is 0 Å². The van der Waals surface area contributed by atoms with Gasteiger partial charge >= 0.3 is 0 Å². The maximum atomic E-state index is 5.80. The number of hydrogen-bond acceptors (Lipinski definition) is 2. The molecule has 0 atom stereocenters. The highest BCUT2D eigenvalue weighted by molar-refractivity contribution is 5.42. The van der Waals surface area contributed by atoms with E-state index in [0.29, 0.717) is 0 Å². The first-order chi connectivity index (χ1) is 17.0. The van der Waals surface area contributed by atoms with Crippen LogP contribution < -0.4 is 11.5 Å². The molecule has 0 unspecified atom stereocenters. The third-order valence-electron chi connectivity index (χ3n) is 6.98. The summed E-state index contributed by atoms with van der Waals surface area (Å²) < 4.78 is 0. The zero-order valence-electron chi connectivity index (χ0n) is 21.2. The van der Waals surface area contributed by atoms with Crippen LogP contribution in [0, 0.1) is 13.8 Å². The van der Waals surface area contributed by atoms with Gasteiger partial charge in [0.05, 0.1) is 0 Å². The van der Waals surface area contributed by atoms with Crippen molar-refractivity contribution in [2.45, 2.75) is 58.8 Å². The van der Waals surface area contributed by atoms with Crippen LogP contribution in [0.1, 0.15) is 63.8 Å². The van der Waals surface area contributed by atoms with Gasteiger partial charge in [-0.15, -0.1) is 0 Å². The average Bonchev–Trinajstić information content (AvgIpc) is 2.84. The molecule has 4 aromatic rings. The van der Waals surface area contributed by atoms with Crippen molar-refractivity contribution >= 4 is 11.4 Å². The summed E-state index contributed by atoms with van der Waals surface area (Å²) in [6.07, 6.45) is 7.98. The van der Waals surface area contributed by atoms with Crippen LogP contribution in [0.15, 0.2) is 84.9 Å². The predicted molar refractivity (Wildman–Crippen MR) is 151 cm³/mol. The Labute approximate surface area is 211 Å². The predicted octanol–water partition coefficient (Wildman–Crippen LogP) is 7.60. The Kier molecular flexibility index (Phi) is 8.26. The van der Waals surface area contributed by atoms with Crippen molar-refractivity contribution in [3.05, 3.63) is 129 Å². The second-order valence-corrected chi connectivity index (χ2v) is 9.92. The van der Waals surface area contributed by atoms with Crippen LogP contribution in [0.25, 0.3) is 0 Å². The summed E-state index contributed by atoms with van der Waals surface area (Å²) in [6, 6.07) is 30.3. The smallest absolute Gasteiger partial charge is 0.0314 e. The molecule has 0 amide bonds. The molecule has 180 valence electrons. The molecule has 4 aromatic carbocycles. The minimum absolute atomic E-state index is 0.821. The number of nitrogen functional groups attached to an aromatic ring is 2. The zero-order valence-corrected chi connectivity index (χ0v) is 21.2. The normalized spacial score (nSPS) is 11.0. The summed E-state index contributed by atoms with van der Waals surface area (Å²) in [5.74, 6) is 0. The molecule has 0 aromatic heterocycles. The third kappa shape index (κ3) is 7.23. The maximum Gasteiger partial charge on any atom is 0.0314 e. The van der Waals surface area contributed by atoms with Gasteiger partial charge in [-0.3, -0.25) is 0 Å². The Hall–Kier alpha value is -3.52. The quantitative estimate of drug-likeness (QED) is 0.188. The molecule has 2 heteroatoms. The summed E-state index contributed by atoms with van der Waals surface area (Å²) in [5, 5.41) is 0. The fraction of sp³-hybridized carbons (Fsp3) is 0.273. The van der Waals surface area contributed by atoms with Crippen LogP contribution in [0.2, 0.25) is 0 Å². The maximum absolute atomic E-state index is 5.80. The van der Waals surface area contributed by atoms with E-state index in [0.717, 1.165) is 37.1 Å². The van der Waals surface area contributed by atoms with Crippen LogP contribution in [-0.4, -0.2) is 0 Å². The standard InChI is InChI=1S/C33H38N2/c1-24-20-28(22-26-10-16-32(34)17-11-26)8-14-30(24)6-4-3-5-7-31-15-9-29(21-25(31)2)23-27-12-18-33(35)19-13-27/h8-21H,3-7,22-23,34-35H2,1-2H3. The zero-order chi connectivity index (χ0) is 24.6. The first-order valence-electron chi connectivity index (χ1n) is 12.8. The monoisotopic (exact) mass is 462 g/mol. The summed E-state index contributed by atoms with van der Waals surface area (Å²) >= 11 is 0. The Bertz CT molecular complexity index is 1140. The van der Waals surface area contributed by atoms with Crippen LogP contribution in [0.4, 0.5) is 11.4 Å². The fourth-order valence-electron chi connectivity index (χ4n) is 4.85. The van der Waals surface area contributed by atoms with Crippen molar-refractivity contribution in [1.29, 1.82) is 0 Å². The molecular weight excluding hydrogens is 424 g/mol. The lowest BCUT2D eigenvalue weighted by molar-refractivity contribution is 0.675. The first kappa shape index (κ1) is 24.6. The molecule has 0 fully saturated rings. The van der Waals surface area contributed by atoms with Gasteiger partial charge in [0.15, 0.2) is 0 Å². The molecule has 0 aliphatic rings. The first-order valence-corrected chi connectivity index (χ1v) is 12.8. The Morgan fingerprint density at radius 3 is 1.20 bits per heavy atom. The van der Waals surface area contributed by atoms with Gasteiger partial charge < -0.3 is 11.5 Å². The molecule has 2 nitrogen and oxygen atoms in total. The second-order valence-electron chi connectivity index (χ2n) is 9.92. The van der Waals surface area contributed by atoms with Crippen LogP contribution in [-0.2, 0) is 25.7 Å². The van der Waals surface area contributed by atoms with E-state index < -0.39 is 0 Å². The number of rotatable bonds is 10. The highest BCUT2D eigenvalue weighted by Gasteiger charge is 2.05. The molecule has 4 N–H and O–H groups in total. The molecule has 0 radical (unpaired) electrons. The number of anilines is 2. The van der Waals surface area contributed by atoms with Gasteiger partial charge in [0.2, 0.25) is 0 Å². The molecule has 0 aliphatic heterocycles. The number of hydrogen-bond donors (Lipinski definition) is 2. The largest absolute Gasteiger partial charge is 0.399 e. The topological polar surface area (TPSA) is 52.0 Å². The van der Waals surface area contributed by atoms with E-state index in [2.05, 4.69) is 74.5 Å². The Morgan fingerprint density at radius 1 is 0.457 bits per heavy atom. The summed E-state index contributed by atoms with van der Waals surface area (Å²) in [4.78, 5) is 0. The summed E-state index contributed by atoms with van der Waals surface area (Å²) in [7, 11) is 0. The van der Waals surface area contributed by atoms with Gasteiger partial charge in [0.1, 0.15) is 0 Å². The van der Waals surface area contributed by atoms with Gasteiger partial charge in [-0.05, 0) is 121 Å². The van der Waals surface area contributed by atoms with E-state index in [1.54, 1.807) is 0 Å². The highest BCUT2D eigenvalue weighted by Crippen LogP contribution is 2.20. The Morgan fingerprint density at radius 2 is 0.829 bits per heavy atom. The van der Waals surface area contributed by atoms with Crippen molar-refractivity contribution in [2.75, 3.05) is 11.5 Å². The van der Waals surface area contributed by atoms with E-state index in [1.807, 2.05) is 24.3 Å². The average molecular weight is 463 g/mol. The van der Waals surface area contributed by atoms with Gasteiger partial charge in [-0.1, -0.05) is 67.1 Å². The highest BCUT2D eigenvalue weighted by atomic mass is 14.5. The van der Waals surface area contributed by atoms with E-state index in [-0.39, 0.29) is 0 Å². The lowest BCUT2D eigenvalue weighted by atomic mass is 9.95. The van der Waals surface area contributed by atoms with Gasteiger partial charge in [0.25, 0.3) is 0 Å². The molecule has 0 saturated carbocycles. The van der Waals surface area contributed by atoms with Crippen LogP contribution >= 0.6 is 0 Å². The molecule has 0 bridgehead atoms. The SMILES string of the molecule is Cc1cc(Cc2ccc(N)cc2)ccc1CCCCCc1ccc(Cc2ccc(N)cc2)cc1C.